The van der Waals surface area contributed by atoms with Gasteiger partial charge in [0.05, 0.1) is 12.2 Å². The second-order valence-corrected chi connectivity index (χ2v) is 5.12. The van der Waals surface area contributed by atoms with Crippen LogP contribution in [0.2, 0.25) is 0 Å². The third-order valence-electron chi connectivity index (χ3n) is 3.36. The predicted molar refractivity (Wildman–Crippen MR) is 88.0 cm³/mol. The van der Waals surface area contributed by atoms with Gasteiger partial charge in [-0.05, 0) is 24.6 Å². The van der Waals surface area contributed by atoms with Gasteiger partial charge in [-0.15, -0.1) is 0 Å². The second-order valence-electron chi connectivity index (χ2n) is 5.12. The zero-order chi connectivity index (χ0) is 18.3. The molecule has 0 aliphatic carbocycles. The quantitative estimate of drug-likeness (QED) is 0.660. The molecule has 0 aliphatic rings. The average molecular weight is 350 g/mol. The minimum absolute atomic E-state index is 0.431. The van der Waals surface area contributed by atoms with Crippen molar-refractivity contribution in [1.29, 1.82) is 0 Å². The molecule has 132 valence electrons. The molecule has 0 fully saturated rings. The maximum Gasteiger partial charge on any atom is 0.417 e. The van der Waals surface area contributed by atoms with Crippen LogP contribution in [-0.2, 0) is 22.3 Å². The molecule has 0 N–H and O–H groups in total. The maximum atomic E-state index is 12.6. The summed E-state index contributed by atoms with van der Waals surface area (Å²) >= 11 is 0. The van der Waals surface area contributed by atoms with Crippen molar-refractivity contribution in [3.05, 3.63) is 66.0 Å². The van der Waals surface area contributed by atoms with Crippen molar-refractivity contribution < 1.29 is 22.7 Å². The van der Waals surface area contributed by atoms with Gasteiger partial charge in [0.2, 0.25) is 0 Å². The number of fused-ring (bicyclic) bond motifs is 1. The number of benzene rings is 1. The Kier molecular flexibility index (Phi) is 6.16. The highest BCUT2D eigenvalue weighted by Gasteiger charge is 2.31. The van der Waals surface area contributed by atoms with E-state index in [0.29, 0.717) is 30.7 Å². The summed E-state index contributed by atoms with van der Waals surface area (Å²) in [5.41, 5.74) is 0.913. The van der Waals surface area contributed by atoms with Gasteiger partial charge in [0, 0.05) is 24.3 Å². The Hall–Kier alpha value is -2.83. The van der Waals surface area contributed by atoms with Gasteiger partial charge in [-0.25, -0.2) is 4.98 Å². The zero-order valence-corrected chi connectivity index (χ0v) is 13.5. The molecule has 7 heteroatoms. The van der Waals surface area contributed by atoms with Gasteiger partial charge in [0.25, 0.3) is 6.47 Å². The molecule has 3 aromatic rings. The second kappa shape index (κ2) is 8.32. The van der Waals surface area contributed by atoms with Gasteiger partial charge in [0.15, 0.2) is 0 Å². The molecule has 0 bridgehead atoms. The summed E-state index contributed by atoms with van der Waals surface area (Å²) in [6.45, 7) is 3.25. The maximum absolute atomic E-state index is 12.6. The first-order chi connectivity index (χ1) is 12.0. The standard InChI is InChI=1S/C15H11F3N2.C3H6O2/c16-15(17,18)13-8-12-6-7-20(14(12)19-9-13)10-11-4-2-1-3-5-11;1-2-5-3-4/h1-9H,10H2;3H,2H2,1H3. The molecule has 0 spiro atoms. The zero-order valence-electron chi connectivity index (χ0n) is 13.5. The number of nitrogens with zero attached hydrogens (tertiary/aromatic N) is 2. The smallest absolute Gasteiger partial charge is 0.417 e. The number of rotatable bonds is 4. The van der Waals surface area contributed by atoms with E-state index in [9.17, 15) is 18.0 Å². The lowest BCUT2D eigenvalue weighted by Gasteiger charge is -2.07. The molecule has 0 atom stereocenters. The van der Waals surface area contributed by atoms with E-state index in [1.165, 1.54) is 0 Å². The van der Waals surface area contributed by atoms with E-state index in [4.69, 9.17) is 0 Å². The molecule has 0 saturated heterocycles. The number of hydrogen-bond donors (Lipinski definition) is 0. The minimum atomic E-state index is -4.36. The van der Waals surface area contributed by atoms with Crippen molar-refractivity contribution in [2.24, 2.45) is 0 Å². The van der Waals surface area contributed by atoms with Crippen molar-refractivity contribution in [3.8, 4) is 0 Å². The topological polar surface area (TPSA) is 44.1 Å². The van der Waals surface area contributed by atoms with Crippen LogP contribution in [0.4, 0.5) is 13.2 Å². The first-order valence-electron chi connectivity index (χ1n) is 7.57. The number of aromatic nitrogens is 2. The van der Waals surface area contributed by atoms with Crippen LogP contribution in [-0.4, -0.2) is 22.6 Å². The molecule has 0 unspecified atom stereocenters. The van der Waals surface area contributed by atoms with Crippen LogP contribution in [0.15, 0.2) is 54.9 Å². The van der Waals surface area contributed by atoms with Crippen LogP contribution in [0.25, 0.3) is 11.0 Å². The van der Waals surface area contributed by atoms with Crippen LogP contribution < -0.4 is 0 Å². The predicted octanol–water partition coefficient (Wildman–Crippen LogP) is 4.28. The van der Waals surface area contributed by atoms with E-state index >= 15 is 0 Å². The molecular weight excluding hydrogens is 333 g/mol. The van der Waals surface area contributed by atoms with Crippen LogP contribution >= 0.6 is 0 Å². The third-order valence-corrected chi connectivity index (χ3v) is 3.36. The van der Waals surface area contributed by atoms with E-state index in [1.807, 2.05) is 34.9 Å². The fourth-order valence-corrected chi connectivity index (χ4v) is 2.21. The summed E-state index contributed by atoms with van der Waals surface area (Å²) in [6.07, 6.45) is -1.72. The van der Waals surface area contributed by atoms with E-state index in [-0.39, 0.29) is 0 Å². The van der Waals surface area contributed by atoms with Gasteiger partial charge in [-0.3, -0.25) is 4.79 Å². The van der Waals surface area contributed by atoms with E-state index in [0.717, 1.165) is 17.8 Å². The Morgan fingerprint density at radius 1 is 1.20 bits per heavy atom. The van der Waals surface area contributed by atoms with Gasteiger partial charge < -0.3 is 9.30 Å². The molecule has 0 radical (unpaired) electrons. The monoisotopic (exact) mass is 350 g/mol. The van der Waals surface area contributed by atoms with Crippen LogP contribution in [0, 0.1) is 0 Å². The van der Waals surface area contributed by atoms with Crippen molar-refractivity contribution in [1.82, 2.24) is 9.55 Å². The molecular formula is C18H17F3N2O2. The highest BCUT2D eigenvalue weighted by molar-refractivity contribution is 5.76. The molecule has 4 nitrogen and oxygen atoms in total. The SMILES string of the molecule is CCOC=O.FC(F)(F)c1cnc2c(ccn2Cc2ccccc2)c1. The molecule has 25 heavy (non-hydrogen) atoms. The number of hydrogen-bond acceptors (Lipinski definition) is 3. The van der Waals surface area contributed by atoms with Gasteiger partial charge in [-0.1, -0.05) is 30.3 Å². The lowest BCUT2D eigenvalue weighted by atomic mass is 10.2. The lowest BCUT2D eigenvalue weighted by molar-refractivity contribution is -0.137. The summed E-state index contributed by atoms with van der Waals surface area (Å²) in [5.74, 6) is 0. The van der Waals surface area contributed by atoms with E-state index < -0.39 is 11.7 Å². The Labute approximate surface area is 142 Å². The van der Waals surface area contributed by atoms with Crippen molar-refractivity contribution in [2.75, 3.05) is 6.61 Å². The van der Waals surface area contributed by atoms with E-state index in [2.05, 4.69) is 9.72 Å². The molecule has 0 amide bonds. The summed E-state index contributed by atoms with van der Waals surface area (Å²) in [7, 11) is 0. The van der Waals surface area contributed by atoms with E-state index in [1.54, 1.807) is 19.2 Å². The van der Waals surface area contributed by atoms with Crippen LogP contribution in [0.3, 0.4) is 0 Å². The number of halogens is 3. The molecule has 2 aromatic heterocycles. The van der Waals surface area contributed by atoms with Crippen LogP contribution in [0.1, 0.15) is 18.1 Å². The average Bonchev–Trinajstić information content (AvgIpc) is 2.99. The number of ether oxygens (including phenoxy) is 1. The fourth-order valence-electron chi connectivity index (χ4n) is 2.21. The highest BCUT2D eigenvalue weighted by atomic mass is 19.4. The van der Waals surface area contributed by atoms with Crippen molar-refractivity contribution in [3.63, 3.8) is 0 Å². The first kappa shape index (κ1) is 18.5. The van der Waals surface area contributed by atoms with Crippen LogP contribution in [0.5, 0.6) is 0 Å². The highest BCUT2D eigenvalue weighted by Crippen LogP contribution is 2.30. The Morgan fingerprint density at radius 3 is 2.48 bits per heavy atom. The normalized spacial score (nSPS) is 10.9. The molecule has 0 aliphatic heterocycles. The molecule has 0 saturated carbocycles. The number of alkyl halides is 3. The van der Waals surface area contributed by atoms with Gasteiger partial charge in [-0.2, -0.15) is 13.2 Å². The number of carbonyl (C=O) groups is 1. The van der Waals surface area contributed by atoms with Crippen molar-refractivity contribution >= 4 is 17.5 Å². The molecule has 1 aromatic carbocycles. The Morgan fingerprint density at radius 2 is 1.92 bits per heavy atom. The largest absolute Gasteiger partial charge is 0.468 e. The fraction of sp³-hybridized carbons (Fsp3) is 0.222. The third kappa shape index (κ3) is 5.07. The van der Waals surface area contributed by atoms with Crippen molar-refractivity contribution in [2.45, 2.75) is 19.6 Å². The summed E-state index contributed by atoms with van der Waals surface area (Å²) < 4.78 is 43.9. The minimum Gasteiger partial charge on any atom is -0.468 e. The summed E-state index contributed by atoms with van der Waals surface area (Å²) in [6, 6.07) is 12.5. The number of carbonyl (C=O) groups excluding carboxylic acids is 1. The Bertz CT molecular complexity index is 814. The summed E-state index contributed by atoms with van der Waals surface area (Å²) in [4.78, 5) is 13.1. The van der Waals surface area contributed by atoms with Gasteiger partial charge >= 0.3 is 6.18 Å². The summed E-state index contributed by atoms with van der Waals surface area (Å²) in [5, 5.41) is 0.496. The Balaban J connectivity index is 0.000000399. The van der Waals surface area contributed by atoms with Gasteiger partial charge in [0.1, 0.15) is 5.65 Å². The molecule has 3 rings (SSSR count). The number of pyridine rings is 1. The molecule has 2 heterocycles. The lowest BCUT2D eigenvalue weighted by Crippen LogP contribution is -2.06. The first-order valence-corrected chi connectivity index (χ1v) is 7.57.